The number of aromatic amines is 1. The molecule has 0 atom stereocenters. The Morgan fingerprint density at radius 2 is 2.16 bits per heavy atom. The predicted molar refractivity (Wildman–Crippen MR) is 69.8 cm³/mol. The quantitative estimate of drug-likeness (QED) is 0.849. The van der Waals surface area contributed by atoms with Gasteiger partial charge in [-0.05, 0) is 12.1 Å². The molecule has 1 aromatic carbocycles. The molecule has 102 valence electrons. The minimum Gasteiger partial charge on any atom is -0.408 e. The second-order valence-corrected chi connectivity index (χ2v) is 6.41. The Balaban J connectivity index is 2.08. The maximum absolute atomic E-state index is 11.5. The molecular formula is C11H12N2O5S. The Hall–Kier alpha value is -2.09. The van der Waals surface area contributed by atoms with Gasteiger partial charge in [-0.2, -0.15) is 0 Å². The van der Waals surface area contributed by atoms with Gasteiger partial charge in [0.15, 0.2) is 5.58 Å². The van der Waals surface area contributed by atoms with Crippen LogP contribution in [0.5, 0.6) is 0 Å². The first-order chi connectivity index (χ1) is 8.83. The summed E-state index contributed by atoms with van der Waals surface area (Å²) in [6.07, 6.45) is 0.953. The van der Waals surface area contributed by atoms with Gasteiger partial charge < -0.3 is 9.73 Å². The zero-order chi connectivity index (χ0) is 14.0. The normalized spacial score (nSPS) is 11.6. The molecule has 0 aliphatic carbocycles. The highest BCUT2D eigenvalue weighted by atomic mass is 32.2. The average Bonchev–Trinajstić information content (AvgIpc) is 2.65. The molecule has 0 aliphatic rings. The summed E-state index contributed by atoms with van der Waals surface area (Å²) in [5.74, 6) is -1.20. The number of rotatable bonds is 4. The van der Waals surface area contributed by atoms with Gasteiger partial charge in [-0.1, -0.05) is 0 Å². The zero-order valence-corrected chi connectivity index (χ0v) is 10.9. The van der Waals surface area contributed by atoms with Crippen molar-refractivity contribution in [2.45, 2.75) is 6.42 Å². The first-order valence-corrected chi connectivity index (χ1v) is 7.50. The number of anilines is 1. The Labute approximate surface area is 108 Å². The molecule has 0 aliphatic heterocycles. The van der Waals surface area contributed by atoms with E-state index in [4.69, 9.17) is 4.42 Å². The van der Waals surface area contributed by atoms with Crippen LogP contribution in [0.4, 0.5) is 5.69 Å². The molecule has 0 fully saturated rings. The van der Waals surface area contributed by atoms with Crippen molar-refractivity contribution >= 4 is 32.5 Å². The number of aromatic nitrogens is 1. The van der Waals surface area contributed by atoms with Gasteiger partial charge >= 0.3 is 5.76 Å². The van der Waals surface area contributed by atoms with Crippen molar-refractivity contribution in [2.75, 3.05) is 17.3 Å². The van der Waals surface area contributed by atoms with Gasteiger partial charge in [0.2, 0.25) is 5.91 Å². The van der Waals surface area contributed by atoms with Gasteiger partial charge in [0.05, 0.1) is 11.3 Å². The van der Waals surface area contributed by atoms with Crippen LogP contribution >= 0.6 is 0 Å². The van der Waals surface area contributed by atoms with Crippen LogP contribution in [-0.4, -0.2) is 31.3 Å². The molecule has 7 nitrogen and oxygen atoms in total. The van der Waals surface area contributed by atoms with Gasteiger partial charge in [-0.15, -0.1) is 0 Å². The fourth-order valence-electron chi connectivity index (χ4n) is 1.52. The van der Waals surface area contributed by atoms with Crippen molar-refractivity contribution in [3.63, 3.8) is 0 Å². The Kier molecular flexibility index (Phi) is 3.43. The number of hydrogen-bond donors (Lipinski definition) is 2. The molecule has 2 rings (SSSR count). The molecule has 2 N–H and O–H groups in total. The topological polar surface area (TPSA) is 109 Å². The van der Waals surface area contributed by atoms with Crippen molar-refractivity contribution in [3.8, 4) is 0 Å². The minimum absolute atomic E-state index is 0.117. The minimum atomic E-state index is -3.17. The van der Waals surface area contributed by atoms with Crippen LogP contribution in [0.15, 0.2) is 27.4 Å². The summed E-state index contributed by atoms with van der Waals surface area (Å²) in [5.41, 5.74) is 1.29. The van der Waals surface area contributed by atoms with Crippen LogP contribution in [0.2, 0.25) is 0 Å². The van der Waals surface area contributed by atoms with Crippen LogP contribution in [0.1, 0.15) is 6.42 Å². The first kappa shape index (κ1) is 13.3. The van der Waals surface area contributed by atoms with Gasteiger partial charge in [-0.25, -0.2) is 13.2 Å². The van der Waals surface area contributed by atoms with Crippen LogP contribution in [-0.2, 0) is 14.6 Å². The Bertz CT molecular complexity index is 772. The smallest absolute Gasteiger partial charge is 0.408 e. The molecule has 0 spiro atoms. The van der Waals surface area contributed by atoms with E-state index in [9.17, 15) is 18.0 Å². The average molecular weight is 284 g/mol. The maximum atomic E-state index is 11.5. The number of hydrogen-bond acceptors (Lipinski definition) is 5. The summed E-state index contributed by atoms with van der Waals surface area (Å²) in [7, 11) is -3.17. The van der Waals surface area contributed by atoms with Gasteiger partial charge in [0, 0.05) is 24.4 Å². The number of carbonyl (C=O) groups is 1. The number of nitrogens with one attached hydrogen (secondary N) is 2. The third-order valence-corrected chi connectivity index (χ3v) is 3.35. The number of H-pyrrole nitrogens is 1. The number of carbonyl (C=O) groups excluding carboxylic acids is 1. The lowest BCUT2D eigenvalue weighted by molar-refractivity contribution is -0.115. The molecule has 8 heteroatoms. The van der Waals surface area contributed by atoms with E-state index in [0.29, 0.717) is 16.8 Å². The summed E-state index contributed by atoms with van der Waals surface area (Å²) in [6.45, 7) is 0. The molecule has 0 unspecified atom stereocenters. The first-order valence-electron chi connectivity index (χ1n) is 5.44. The largest absolute Gasteiger partial charge is 0.417 e. The zero-order valence-electron chi connectivity index (χ0n) is 10.1. The summed E-state index contributed by atoms with van der Waals surface area (Å²) >= 11 is 0. The highest BCUT2D eigenvalue weighted by Crippen LogP contribution is 2.16. The van der Waals surface area contributed by atoms with E-state index in [1.807, 2.05) is 0 Å². The highest BCUT2D eigenvalue weighted by molar-refractivity contribution is 7.90. The number of benzene rings is 1. The third-order valence-electron chi connectivity index (χ3n) is 2.40. The van der Waals surface area contributed by atoms with Crippen LogP contribution in [0.25, 0.3) is 11.1 Å². The number of amides is 1. The molecule has 19 heavy (non-hydrogen) atoms. The predicted octanol–water partition coefficient (Wildman–Crippen LogP) is 0.494. The molecule has 0 bridgehead atoms. The van der Waals surface area contributed by atoms with E-state index in [2.05, 4.69) is 10.3 Å². The molecule has 0 radical (unpaired) electrons. The molecule has 0 saturated carbocycles. The lowest BCUT2D eigenvalue weighted by atomic mass is 10.3. The second kappa shape index (κ2) is 4.88. The van der Waals surface area contributed by atoms with Crippen molar-refractivity contribution in [3.05, 3.63) is 28.7 Å². The highest BCUT2D eigenvalue weighted by Gasteiger charge is 2.09. The van der Waals surface area contributed by atoms with Crippen LogP contribution < -0.4 is 11.1 Å². The molecule has 2 aromatic rings. The van der Waals surface area contributed by atoms with E-state index in [1.54, 1.807) is 12.1 Å². The molecule has 1 aromatic heterocycles. The Morgan fingerprint density at radius 1 is 1.42 bits per heavy atom. The summed E-state index contributed by atoms with van der Waals surface area (Å²) in [6, 6.07) is 4.67. The van der Waals surface area contributed by atoms with Crippen molar-refractivity contribution < 1.29 is 17.6 Å². The fraction of sp³-hybridized carbons (Fsp3) is 0.273. The summed E-state index contributed by atoms with van der Waals surface area (Å²) in [5, 5.41) is 2.54. The number of sulfone groups is 1. The van der Waals surface area contributed by atoms with E-state index in [0.717, 1.165) is 6.26 Å². The maximum Gasteiger partial charge on any atom is 0.417 e. The van der Waals surface area contributed by atoms with E-state index >= 15 is 0 Å². The van der Waals surface area contributed by atoms with Crippen molar-refractivity contribution in [1.29, 1.82) is 0 Å². The second-order valence-electron chi connectivity index (χ2n) is 4.15. The molecule has 0 saturated heterocycles. The summed E-state index contributed by atoms with van der Waals surface area (Å²) < 4.78 is 26.7. The van der Waals surface area contributed by atoms with Crippen LogP contribution in [0.3, 0.4) is 0 Å². The number of fused-ring (bicyclic) bond motifs is 1. The SMILES string of the molecule is CS(=O)(=O)CCC(=O)Nc1ccc2[nH]c(=O)oc2c1. The van der Waals surface area contributed by atoms with Gasteiger partial charge in [0.1, 0.15) is 9.84 Å². The lowest BCUT2D eigenvalue weighted by Crippen LogP contribution is -2.16. The van der Waals surface area contributed by atoms with Gasteiger partial charge in [-0.3, -0.25) is 9.78 Å². The van der Waals surface area contributed by atoms with Gasteiger partial charge in [0.25, 0.3) is 0 Å². The van der Waals surface area contributed by atoms with E-state index in [1.165, 1.54) is 6.07 Å². The van der Waals surface area contributed by atoms with Crippen LogP contribution in [0, 0.1) is 0 Å². The van der Waals surface area contributed by atoms with Crippen molar-refractivity contribution in [2.24, 2.45) is 0 Å². The molecule has 1 heterocycles. The van der Waals surface area contributed by atoms with Crippen molar-refractivity contribution in [1.82, 2.24) is 4.98 Å². The lowest BCUT2D eigenvalue weighted by Gasteiger charge is -2.04. The van der Waals surface area contributed by atoms with E-state index in [-0.39, 0.29) is 12.2 Å². The van der Waals surface area contributed by atoms with E-state index < -0.39 is 21.5 Å². The molecule has 1 amide bonds. The monoisotopic (exact) mass is 284 g/mol. The molecular weight excluding hydrogens is 272 g/mol. The summed E-state index contributed by atoms with van der Waals surface area (Å²) in [4.78, 5) is 25.0. The standard InChI is InChI=1S/C11H12N2O5S/c1-19(16,17)5-4-10(14)12-7-2-3-8-9(6-7)18-11(15)13-8/h2-3,6H,4-5H2,1H3,(H,12,14)(H,13,15). The fourth-order valence-corrected chi connectivity index (χ4v) is 2.08. The third kappa shape index (κ3) is 3.68. The Morgan fingerprint density at radius 3 is 2.84 bits per heavy atom. The number of oxazole rings is 1.